The molecule has 0 saturated heterocycles. The number of hydrogen-bond acceptors (Lipinski definition) is 4. The van der Waals surface area contributed by atoms with Crippen molar-refractivity contribution < 1.29 is 0 Å². The van der Waals surface area contributed by atoms with Gasteiger partial charge in [-0.05, 0) is 24.1 Å². The van der Waals surface area contributed by atoms with E-state index in [1.807, 2.05) is 54.8 Å². The minimum atomic E-state index is -0.0837. The maximum atomic E-state index is 13.1. The van der Waals surface area contributed by atoms with Crippen LogP contribution in [0.3, 0.4) is 0 Å². The molecule has 0 aliphatic heterocycles. The van der Waals surface area contributed by atoms with Gasteiger partial charge in [0.05, 0.1) is 29.9 Å². The lowest BCUT2D eigenvalue weighted by molar-refractivity contribution is 0.748. The number of thiophene rings is 1. The molecule has 0 aliphatic rings. The third kappa shape index (κ3) is 2.81. The second-order valence-electron chi connectivity index (χ2n) is 6.14. The number of aromatic nitrogens is 2. The van der Waals surface area contributed by atoms with E-state index in [1.165, 1.54) is 16.9 Å². The largest absolute Gasteiger partial charge is 0.294 e. The standard InChI is InChI=1S/C21H15N3OS/c1-14-6-8-15(9-7-14)18-12-26-20-19(18)21(25)24(13-23-20)11-17-5-3-2-4-16(17)10-22/h2-9,12-13H,11H2,1H3. The van der Waals surface area contributed by atoms with Crippen molar-refractivity contribution in [2.45, 2.75) is 13.5 Å². The Balaban J connectivity index is 1.84. The van der Waals surface area contributed by atoms with Gasteiger partial charge in [0, 0.05) is 10.9 Å². The van der Waals surface area contributed by atoms with Gasteiger partial charge in [-0.25, -0.2) is 4.98 Å². The molecule has 4 aromatic rings. The van der Waals surface area contributed by atoms with Crippen molar-refractivity contribution in [3.8, 4) is 17.2 Å². The summed E-state index contributed by atoms with van der Waals surface area (Å²) in [6, 6.07) is 17.6. The number of nitriles is 1. The number of hydrogen-bond donors (Lipinski definition) is 0. The van der Waals surface area contributed by atoms with E-state index in [4.69, 9.17) is 0 Å². The van der Waals surface area contributed by atoms with Crippen molar-refractivity contribution in [2.75, 3.05) is 0 Å². The van der Waals surface area contributed by atoms with Crippen LogP contribution in [0.25, 0.3) is 21.3 Å². The average Bonchev–Trinajstić information content (AvgIpc) is 3.10. The van der Waals surface area contributed by atoms with Gasteiger partial charge in [0.15, 0.2) is 0 Å². The summed E-state index contributed by atoms with van der Waals surface area (Å²) in [6.45, 7) is 2.37. The van der Waals surface area contributed by atoms with Gasteiger partial charge in [0.1, 0.15) is 4.83 Å². The van der Waals surface area contributed by atoms with Gasteiger partial charge in [-0.1, -0.05) is 48.0 Å². The molecule has 0 saturated carbocycles. The van der Waals surface area contributed by atoms with Gasteiger partial charge in [0.2, 0.25) is 0 Å². The third-order valence-electron chi connectivity index (χ3n) is 4.40. The van der Waals surface area contributed by atoms with Crippen LogP contribution in [0.5, 0.6) is 0 Å². The van der Waals surface area contributed by atoms with E-state index in [1.54, 1.807) is 17.0 Å². The van der Waals surface area contributed by atoms with Crippen molar-refractivity contribution in [3.05, 3.63) is 87.3 Å². The Kier molecular flexibility index (Phi) is 4.11. The van der Waals surface area contributed by atoms with E-state index in [2.05, 4.69) is 11.1 Å². The van der Waals surface area contributed by atoms with Gasteiger partial charge < -0.3 is 0 Å². The van der Waals surface area contributed by atoms with Crippen LogP contribution in [-0.4, -0.2) is 9.55 Å². The Morgan fingerprint density at radius 3 is 2.69 bits per heavy atom. The maximum Gasteiger partial charge on any atom is 0.263 e. The zero-order chi connectivity index (χ0) is 18.1. The van der Waals surface area contributed by atoms with E-state index < -0.39 is 0 Å². The average molecular weight is 357 g/mol. The lowest BCUT2D eigenvalue weighted by Crippen LogP contribution is -2.21. The smallest absolute Gasteiger partial charge is 0.263 e. The van der Waals surface area contributed by atoms with Crippen molar-refractivity contribution in [1.82, 2.24) is 9.55 Å². The van der Waals surface area contributed by atoms with E-state index in [9.17, 15) is 10.1 Å². The Hall–Kier alpha value is -3.23. The lowest BCUT2D eigenvalue weighted by Gasteiger charge is -2.08. The topological polar surface area (TPSA) is 58.7 Å². The summed E-state index contributed by atoms with van der Waals surface area (Å²) in [5, 5.41) is 11.9. The highest BCUT2D eigenvalue weighted by atomic mass is 32.1. The van der Waals surface area contributed by atoms with Crippen molar-refractivity contribution in [2.24, 2.45) is 0 Å². The molecule has 26 heavy (non-hydrogen) atoms. The molecule has 0 radical (unpaired) electrons. The first-order chi connectivity index (χ1) is 12.7. The number of rotatable bonds is 3. The second-order valence-corrected chi connectivity index (χ2v) is 7.00. The maximum absolute atomic E-state index is 13.1. The van der Waals surface area contributed by atoms with Crippen LogP contribution in [0.15, 0.2) is 65.0 Å². The zero-order valence-electron chi connectivity index (χ0n) is 14.1. The van der Waals surface area contributed by atoms with Crippen molar-refractivity contribution >= 4 is 21.6 Å². The van der Waals surface area contributed by atoms with Gasteiger partial charge in [-0.15, -0.1) is 11.3 Å². The van der Waals surface area contributed by atoms with E-state index in [0.29, 0.717) is 17.5 Å². The quantitative estimate of drug-likeness (QED) is 0.547. The van der Waals surface area contributed by atoms with Crippen LogP contribution in [0.1, 0.15) is 16.7 Å². The molecule has 2 aromatic carbocycles. The van der Waals surface area contributed by atoms with Crippen LogP contribution < -0.4 is 5.56 Å². The monoisotopic (exact) mass is 357 g/mol. The zero-order valence-corrected chi connectivity index (χ0v) is 15.0. The van der Waals surface area contributed by atoms with Crippen LogP contribution in [0, 0.1) is 18.3 Å². The first kappa shape index (κ1) is 16.2. The third-order valence-corrected chi connectivity index (χ3v) is 5.29. The Morgan fingerprint density at radius 1 is 1.15 bits per heavy atom. The summed E-state index contributed by atoms with van der Waals surface area (Å²) in [6.07, 6.45) is 1.56. The second kappa shape index (κ2) is 6.58. The molecule has 4 rings (SSSR count). The molecule has 2 heterocycles. The summed E-state index contributed by atoms with van der Waals surface area (Å²) in [5.74, 6) is 0. The molecule has 126 valence electrons. The number of fused-ring (bicyclic) bond motifs is 1. The Bertz CT molecular complexity index is 1200. The Morgan fingerprint density at radius 2 is 1.92 bits per heavy atom. The molecule has 0 aliphatic carbocycles. The lowest BCUT2D eigenvalue weighted by atomic mass is 10.0. The molecule has 0 amide bonds. The van der Waals surface area contributed by atoms with Gasteiger partial charge in [0.25, 0.3) is 5.56 Å². The molecule has 4 nitrogen and oxygen atoms in total. The summed E-state index contributed by atoms with van der Waals surface area (Å²) >= 11 is 1.47. The van der Waals surface area contributed by atoms with Crippen molar-refractivity contribution in [3.63, 3.8) is 0 Å². The van der Waals surface area contributed by atoms with Crippen LogP contribution in [-0.2, 0) is 6.54 Å². The molecular weight excluding hydrogens is 342 g/mol. The number of benzene rings is 2. The highest BCUT2D eigenvalue weighted by Crippen LogP contribution is 2.30. The van der Waals surface area contributed by atoms with Gasteiger partial charge >= 0.3 is 0 Å². The summed E-state index contributed by atoms with van der Waals surface area (Å²) in [7, 11) is 0. The van der Waals surface area contributed by atoms with Crippen LogP contribution in [0.2, 0.25) is 0 Å². The van der Waals surface area contributed by atoms with E-state index in [0.717, 1.165) is 21.5 Å². The van der Waals surface area contributed by atoms with Crippen molar-refractivity contribution in [1.29, 1.82) is 5.26 Å². The number of nitrogens with zero attached hydrogens (tertiary/aromatic N) is 3. The molecule has 0 bridgehead atoms. The van der Waals surface area contributed by atoms with E-state index in [-0.39, 0.29) is 5.56 Å². The molecule has 0 fully saturated rings. The molecule has 5 heteroatoms. The summed E-state index contributed by atoms with van der Waals surface area (Å²) in [4.78, 5) is 18.3. The SMILES string of the molecule is Cc1ccc(-c2csc3ncn(Cc4ccccc4C#N)c(=O)c23)cc1. The molecule has 2 aromatic heterocycles. The first-order valence-corrected chi connectivity index (χ1v) is 9.07. The fourth-order valence-corrected chi connectivity index (χ4v) is 3.88. The predicted octanol–water partition coefficient (Wildman–Crippen LogP) is 4.35. The normalized spacial score (nSPS) is 10.8. The highest BCUT2D eigenvalue weighted by Gasteiger charge is 2.14. The fourth-order valence-electron chi connectivity index (χ4n) is 2.98. The summed E-state index contributed by atoms with van der Waals surface area (Å²) < 4.78 is 1.57. The minimum absolute atomic E-state index is 0.0837. The molecule has 0 spiro atoms. The highest BCUT2D eigenvalue weighted by molar-refractivity contribution is 7.17. The van der Waals surface area contributed by atoms with E-state index >= 15 is 0 Å². The first-order valence-electron chi connectivity index (χ1n) is 8.19. The fraction of sp³-hybridized carbons (Fsp3) is 0.0952. The number of aryl methyl sites for hydroxylation is 1. The molecule has 0 atom stereocenters. The van der Waals surface area contributed by atoms with Gasteiger partial charge in [-0.3, -0.25) is 9.36 Å². The molecular formula is C21H15N3OS. The van der Waals surface area contributed by atoms with Crippen LogP contribution in [0.4, 0.5) is 0 Å². The van der Waals surface area contributed by atoms with Gasteiger partial charge in [-0.2, -0.15) is 5.26 Å². The summed E-state index contributed by atoms with van der Waals surface area (Å²) in [5.41, 5.74) is 4.40. The predicted molar refractivity (Wildman–Crippen MR) is 104 cm³/mol. The Labute approximate surface area is 154 Å². The minimum Gasteiger partial charge on any atom is -0.294 e. The molecule has 0 N–H and O–H groups in total. The van der Waals surface area contributed by atoms with Crippen LogP contribution >= 0.6 is 11.3 Å². The molecule has 0 unspecified atom stereocenters.